The van der Waals surface area contributed by atoms with Crippen LogP contribution in [-0.4, -0.2) is 34.8 Å². The van der Waals surface area contributed by atoms with Gasteiger partial charge in [-0.25, -0.2) is 18.0 Å². The first-order valence-electron chi connectivity index (χ1n) is 12.5. The summed E-state index contributed by atoms with van der Waals surface area (Å²) in [6.07, 6.45) is 2.81. The molecule has 1 aliphatic heterocycles. The lowest BCUT2D eigenvalue weighted by molar-refractivity contribution is -0.149. The Bertz CT molecular complexity index is 1180. The van der Waals surface area contributed by atoms with Crippen LogP contribution in [0.25, 0.3) is 0 Å². The zero-order valence-corrected chi connectivity index (χ0v) is 21.0. The van der Waals surface area contributed by atoms with Gasteiger partial charge in [-0.3, -0.25) is 9.59 Å². The number of benzene rings is 2. The van der Waals surface area contributed by atoms with E-state index in [0.29, 0.717) is 24.8 Å². The van der Waals surface area contributed by atoms with Gasteiger partial charge in [0.15, 0.2) is 11.6 Å². The van der Waals surface area contributed by atoms with Crippen molar-refractivity contribution >= 4 is 17.8 Å². The normalized spacial score (nSPS) is 18.1. The molecule has 2 aromatic carbocycles. The monoisotopic (exact) mass is 516 g/mol. The molecule has 2 aromatic rings. The Kier molecular flexibility index (Phi) is 8.19. The summed E-state index contributed by atoms with van der Waals surface area (Å²) in [4.78, 5) is 39.5. The molecule has 1 heterocycles. The first kappa shape index (κ1) is 26.7. The lowest BCUT2D eigenvalue weighted by Gasteiger charge is -2.26. The molecule has 4 rings (SSSR count). The maximum Gasteiger partial charge on any atom is 0.328 e. The Morgan fingerprint density at radius 2 is 1.76 bits per heavy atom. The fraction of sp³-hybridized carbons (Fsp3) is 0.464. The van der Waals surface area contributed by atoms with E-state index < -0.39 is 41.4 Å². The largest absolute Gasteiger partial charge is 0.459 e. The minimum absolute atomic E-state index is 0.0963. The van der Waals surface area contributed by atoms with E-state index in [4.69, 9.17) is 4.74 Å². The van der Waals surface area contributed by atoms with Crippen molar-refractivity contribution in [2.75, 3.05) is 0 Å². The third-order valence-corrected chi connectivity index (χ3v) is 6.83. The van der Waals surface area contributed by atoms with Gasteiger partial charge in [0.1, 0.15) is 18.5 Å². The fourth-order valence-electron chi connectivity index (χ4n) is 4.91. The Labute approximate surface area is 214 Å². The molecule has 9 heteroatoms. The zero-order chi connectivity index (χ0) is 26.7. The van der Waals surface area contributed by atoms with Crippen LogP contribution < -0.4 is 5.32 Å². The molecule has 1 saturated heterocycles. The summed E-state index contributed by atoms with van der Waals surface area (Å²) >= 11 is 0. The van der Waals surface area contributed by atoms with Gasteiger partial charge in [-0.1, -0.05) is 42.2 Å². The van der Waals surface area contributed by atoms with E-state index in [9.17, 15) is 27.6 Å². The maximum absolute atomic E-state index is 14.2. The van der Waals surface area contributed by atoms with Gasteiger partial charge in [0.25, 0.3) is 0 Å². The SMILES string of the molecule is Cc1cc(C)cc(COC(=O)[C@H](CC2CC2)NC(=O)C[C@@H]2CCC(=O)N2Cc2cc(F)cc(F)c2F)c1. The molecule has 2 fully saturated rings. The summed E-state index contributed by atoms with van der Waals surface area (Å²) < 4.78 is 46.9. The molecule has 1 N–H and O–H groups in total. The highest BCUT2D eigenvalue weighted by molar-refractivity contribution is 5.86. The molecule has 37 heavy (non-hydrogen) atoms. The lowest BCUT2D eigenvalue weighted by Crippen LogP contribution is -2.44. The number of ether oxygens (including phenoxy) is 1. The molecular weight excluding hydrogens is 485 g/mol. The number of carbonyl (C=O) groups excluding carboxylic acids is 3. The van der Waals surface area contributed by atoms with Gasteiger partial charge >= 0.3 is 5.97 Å². The number of esters is 1. The molecule has 1 aliphatic carbocycles. The molecular formula is C28H31F3N2O4. The van der Waals surface area contributed by atoms with Crippen LogP contribution in [-0.2, 0) is 32.3 Å². The number of halogens is 3. The summed E-state index contributed by atoms with van der Waals surface area (Å²) in [6.45, 7) is 3.68. The molecule has 0 bridgehead atoms. The summed E-state index contributed by atoms with van der Waals surface area (Å²) in [7, 11) is 0. The molecule has 0 radical (unpaired) electrons. The van der Waals surface area contributed by atoms with Crippen LogP contribution in [0.1, 0.15) is 60.8 Å². The second-order valence-corrected chi connectivity index (χ2v) is 10.2. The summed E-state index contributed by atoms with van der Waals surface area (Å²) in [5.74, 6) is -4.45. The number of carbonyl (C=O) groups is 3. The van der Waals surface area contributed by atoms with Crippen molar-refractivity contribution in [1.82, 2.24) is 10.2 Å². The van der Waals surface area contributed by atoms with Crippen LogP contribution in [0.5, 0.6) is 0 Å². The quantitative estimate of drug-likeness (QED) is 0.369. The van der Waals surface area contributed by atoms with Crippen molar-refractivity contribution in [3.63, 3.8) is 0 Å². The number of hydrogen-bond donors (Lipinski definition) is 1. The highest BCUT2D eigenvalue weighted by Gasteiger charge is 2.36. The Hall–Kier alpha value is -3.36. The maximum atomic E-state index is 14.2. The molecule has 0 unspecified atom stereocenters. The first-order valence-corrected chi connectivity index (χ1v) is 12.5. The van der Waals surface area contributed by atoms with Crippen molar-refractivity contribution in [2.24, 2.45) is 5.92 Å². The predicted molar refractivity (Wildman–Crippen MR) is 129 cm³/mol. The molecule has 0 spiro atoms. The van der Waals surface area contributed by atoms with Gasteiger partial charge in [0, 0.05) is 37.1 Å². The molecule has 2 atom stereocenters. The van der Waals surface area contributed by atoms with E-state index in [1.54, 1.807) is 0 Å². The molecule has 1 saturated carbocycles. The van der Waals surface area contributed by atoms with E-state index in [1.807, 2.05) is 32.0 Å². The number of aryl methyl sites for hydroxylation is 2. The van der Waals surface area contributed by atoms with E-state index >= 15 is 0 Å². The van der Waals surface area contributed by atoms with Crippen LogP contribution in [0.15, 0.2) is 30.3 Å². The standard InChI is InChI=1S/C28H31F3N2O4/c1-16-7-17(2)9-19(8-16)15-37-28(36)24(10-18-3-4-18)32-25(34)13-22-5-6-26(35)33(22)14-20-11-21(29)12-23(30)27(20)31/h7-9,11-12,18,22,24H,3-6,10,13-15H2,1-2H3,(H,32,34)/t22-,24-/m0/s1. The Morgan fingerprint density at radius 1 is 1.05 bits per heavy atom. The van der Waals surface area contributed by atoms with Crippen LogP contribution in [0.3, 0.4) is 0 Å². The average Bonchev–Trinajstić information content (AvgIpc) is 3.58. The summed E-state index contributed by atoms with van der Waals surface area (Å²) in [5, 5.41) is 2.76. The average molecular weight is 517 g/mol. The van der Waals surface area contributed by atoms with Crippen LogP contribution >= 0.6 is 0 Å². The Morgan fingerprint density at radius 3 is 2.43 bits per heavy atom. The number of nitrogens with zero attached hydrogens (tertiary/aromatic N) is 1. The summed E-state index contributed by atoms with van der Waals surface area (Å²) in [5.41, 5.74) is 2.69. The van der Waals surface area contributed by atoms with Gasteiger partial charge in [-0.15, -0.1) is 0 Å². The molecule has 2 amide bonds. The molecule has 6 nitrogen and oxygen atoms in total. The Balaban J connectivity index is 1.38. The topological polar surface area (TPSA) is 75.7 Å². The molecule has 2 aliphatic rings. The smallest absolute Gasteiger partial charge is 0.328 e. The van der Waals surface area contributed by atoms with Crippen molar-refractivity contribution in [3.8, 4) is 0 Å². The van der Waals surface area contributed by atoms with Crippen molar-refractivity contribution in [2.45, 2.75) is 77.6 Å². The summed E-state index contributed by atoms with van der Waals surface area (Å²) in [6, 6.07) is 5.80. The van der Waals surface area contributed by atoms with Gasteiger partial charge < -0.3 is 15.0 Å². The van der Waals surface area contributed by atoms with Crippen molar-refractivity contribution < 1.29 is 32.3 Å². The number of rotatable bonds is 10. The van der Waals surface area contributed by atoms with E-state index in [-0.39, 0.29) is 37.5 Å². The molecule has 0 aromatic heterocycles. The number of hydrogen-bond acceptors (Lipinski definition) is 4. The van der Waals surface area contributed by atoms with E-state index in [1.165, 1.54) is 4.90 Å². The first-order chi connectivity index (χ1) is 17.6. The minimum atomic E-state index is -1.34. The van der Waals surface area contributed by atoms with Gasteiger partial charge in [-0.05, 0) is 44.2 Å². The van der Waals surface area contributed by atoms with E-state index in [2.05, 4.69) is 5.32 Å². The third kappa shape index (κ3) is 7.11. The lowest BCUT2D eigenvalue weighted by atomic mass is 10.1. The van der Waals surface area contributed by atoms with Gasteiger partial charge in [-0.2, -0.15) is 0 Å². The van der Waals surface area contributed by atoms with Crippen LogP contribution in [0, 0.1) is 37.2 Å². The number of amides is 2. The van der Waals surface area contributed by atoms with Gasteiger partial charge in [0.2, 0.25) is 11.8 Å². The second kappa shape index (κ2) is 11.4. The van der Waals surface area contributed by atoms with E-state index in [0.717, 1.165) is 35.6 Å². The highest BCUT2D eigenvalue weighted by Crippen LogP contribution is 2.34. The number of nitrogens with one attached hydrogen (secondary N) is 1. The second-order valence-electron chi connectivity index (χ2n) is 10.2. The zero-order valence-electron chi connectivity index (χ0n) is 21.0. The van der Waals surface area contributed by atoms with Gasteiger partial charge in [0.05, 0.1) is 0 Å². The highest BCUT2D eigenvalue weighted by atomic mass is 19.2. The van der Waals surface area contributed by atoms with Crippen LogP contribution in [0.2, 0.25) is 0 Å². The molecule has 198 valence electrons. The van der Waals surface area contributed by atoms with Crippen LogP contribution in [0.4, 0.5) is 13.2 Å². The predicted octanol–water partition coefficient (Wildman–Crippen LogP) is 4.63. The van der Waals surface area contributed by atoms with Crippen molar-refractivity contribution in [3.05, 3.63) is 70.0 Å². The number of likely N-dealkylation sites (tertiary alicyclic amines) is 1. The fourth-order valence-corrected chi connectivity index (χ4v) is 4.91. The minimum Gasteiger partial charge on any atom is -0.459 e. The van der Waals surface area contributed by atoms with Crippen molar-refractivity contribution in [1.29, 1.82) is 0 Å². The third-order valence-electron chi connectivity index (χ3n) is 6.83.